The van der Waals surface area contributed by atoms with Crippen LogP contribution < -0.4 is 5.32 Å². The number of rotatable bonds is 4. The van der Waals surface area contributed by atoms with Gasteiger partial charge < -0.3 is 10.1 Å². The van der Waals surface area contributed by atoms with Gasteiger partial charge in [0.25, 0.3) is 0 Å². The third kappa shape index (κ3) is 3.56. The van der Waals surface area contributed by atoms with Crippen LogP contribution in [0.2, 0.25) is 0 Å². The van der Waals surface area contributed by atoms with Crippen molar-refractivity contribution in [1.82, 2.24) is 5.32 Å². The van der Waals surface area contributed by atoms with Crippen LogP contribution in [-0.2, 0) is 11.3 Å². The largest absolute Gasteiger partial charge is 0.381 e. The molecule has 1 aliphatic heterocycles. The van der Waals surface area contributed by atoms with Gasteiger partial charge in [0.1, 0.15) is 0 Å². The molecule has 0 aromatic heterocycles. The van der Waals surface area contributed by atoms with Crippen LogP contribution >= 0.6 is 0 Å². The van der Waals surface area contributed by atoms with E-state index in [0.717, 1.165) is 26.3 Å². The van der Waals surface area contributed by atoms with Crippen molar-refractivity contribution >= 4 is 0 Å². The molecule has 1 aromatic rings. The molecule has 1 aliphatic rings. The van der Waals surface area contributed by atoms with E-state index in [0.29, 0.717) is 5.41 Å². The Bertz CT molecular complexity index is 394. The predicted molar refractivity (Wildman–Crippen MR) is 75.8 cm³/mol. The molecule has 18 heavy (non-hydrogen) atoms. The van der Waals surface area contributed by atoms with Crippen molar-refractivity contribution in [2.75, 3.05) is 19.8 Å². The Morgan fingerprint density at radius 2 is 1.94 bits per heavy atom. The summed E-state index contributed by atoms with van der Waals surface area (Å²) in [4.78, 5) is 0. The zero-order chi connectivity index (χ0) is 13.0. The number of hydrogen-bond donors (Lipinski definition) is 1. The van der Waals surface area contributed by atoms with E-state index < -0.39 is 0 Å². The minimum Gasteiger partial charge on any atom is -0.381 e. The average Bonchev–Trinajstić information content (AvgIpc) is 2.33. The molecule has 0 saturated carbocycles. The second kappa shape index (κ2) is 5.85. The van der Waals surface area contributed by atoms with Crippen molar-refractivity contribution in [3.63, 3.8) is 0 Å². The van der Waals surface area contributed by atoms with Gasteiger partial charge in [-0.2, -0.15) is 0 Å². The topological polar surface area (TPSA) is 21.3 Å². The van der Waals surface area contributed by atoms with Crippen LogP contribution in [-0.4, -0.2) is 19.8 Å². The van der Waals surface area contributed by atoms with Crippen molar-refractivity contribution in [2.24, 2.45) is 5.41 Å². The fraction of sp³-hybridized carbons (Fsp3) is 0.625. The lowest BCUT2D eigenvalue weighted by Gasteiger charge is -2.33. The van der Waals surface area contributed by atoms with Crippen molar-refractivity contribution in [1.29, 1.82) is 0 Å². The van der Waals surface area contributed by atoms with Crippen LogP contribution in [0.4, 0.5) is 0 Å². The molecule has 100 valence electrons. The van der Waals surface area contributed by atoms with E-state index in [9.17, 15) is 0 Å². The molecule has 0 bridgehead atoms. The first-order valence-corrected chi connectivity index (χ1v) is 6.94. The third-order valence-corrected chi connectivity index (χ3v) is 4.07. The van der Waals surface area contributed by atoms with Crippen LogP contribution in [0.15, 0.2) is 18.2 Å². The molecule has 0 unspecified atom stereocenters. The highest BCUT2D eigenvalue weighted by Crippen LogP contribution is 2.28. The first kappa shape index (κ1) is 13.6. The van der Waals surface area contributed by atoms with E-state index >= 15 is 0 Å². The summed E-state index contributed by atoms with van der Waals surface area (Å²) in [7, 11) is 0. The Hall–Kier alpha value is -0.860. The average molecular weight is 247 g/mol. The van der Waals surface area contributed by atoms with E-state index in [4.69, 9.17) is 4.74 Å². The maximum Gasteiger partial charge on any atom is 0.0471 e. The Labute approximate surface area is 111 Å². The second-order valence-electron chi connectivity index (χ2n) is 5.96. The SMILES string of the molecule is Cc1ccc(CNCC2(C)CCOCC2)c(C)c1. The van der Waals surface area contributed by atoms with Gasteiger partial charge in [-0.25, -0.2) is 0 Å². The maximum atomic E-state index is 5.43. The summed E-state index contributed by atoms with van der Waals surface area (Å²) in [6.07, 6.45) is 2.35. The number of ether oxygens (including phenoxy) is 1. The van der Waals surface area contributed by atoms with E-state index in [1.807, 2.05) is 0 Å². The molecule has 0 spiro atoms. The van der Waals surface area contributed by atoms with Crippen LogP contribution in [0, 0.1) is 19.3 Å². The summed E-state index contributed by atoms with van der Waals surface area (Å²) in [5.74, 6) is 0. The normalized spacial score (nSPS) is 18.8. The van der Waals surface area contributed by atoms with E-state index in [-0.39, 0.29) is 0 Å². The highest BCUT2D eigenvalue weighted by Gasteiger charge is 2.26. The monoisotopic (exact) mass is 247 g/mol. The molecular weight excluding hydrogens is 222 g/mol. The predicted octanol–water partition coefficient (Wildman–Crippen LogP) is 3.21. The summed E-state index contributed by atoms with van der Waals surface area (Å²) in [5, 5.41) is 3.62. The molecule has 1 N–H and O–H groups in total. The molecule has 1 fully saturated rings. The summed E-state index contributed by atoms with van der Waals surface area (Å²) < 4.78 is 5.43. The van der Waals surface area contributed by atoms with Crippen LogP contribution in [0.5, 0.6) is 0 Å². The number of aryl methyl sites for hydroxylation is 2. The van der Waals surface area contributed by atoms with E-state index in [1.165, 1.54) is 29.5 Å². The van der Waals surface area contributed by atoms with Gasteiger partial charge >= 0.3 is 0 Å². The van der Waals surface area contributed by atoms with Crippen LogP contribution in [0.1, 0.15) is 36.5 Å². The smallest absolute Gasteiger partial charge is 0.0471 e. The fourth-order valence-electron chi connectivity index (χ4n) is 2.58. The summed E-state index contributed by atoms with van der Waals surface area (Å²) in [6.45, 7) is 10.6. The maximum absolute atomic E-state index is 5.43. The van der Waals surface area contributed by atoms with Gasteiger partial charge in [-0.15, -0.1) is 0 Å². The lowest BCUT2D eigenvalue weighted by Crippen LogP contribution is -2.36. The minimum absolute atomic E-state index is 0.414. The molecule has 0 amide bonds. The van der Waals surface area contributed by atoms with Gasteiger partial charge in [0.05, 0.1) is 0 Å². The second-order valence-corrected chi connectivity index (χ2v) is 5.96. The zero-order valence-corrected chi connectivity index (χ0v) is 11.9. The van der Waals surface area contributed by atoms with Crippen LogP contribution in [0.25, 0.3) is 0 Å². The Kier molecular flexibility index (Phi) is 4.41. The number of nitrogens with one attached hydrogen (secondary N) is 1. The number of benzene rings is 1. The lowest BCUT2D eigenvalue weighted by molar-refractivity contribution is 0.0240. The molecule has 0 aliphatic carbocycles. The number of hydrogen-bond acceptors (Lipinski definition) is 2. The van der Waals surface area contributed by atoms with Crippen LogP contribution in [0.3, 0.4) is 0 Å². The molecule has 2 heteroatoms. The molecule has 1 saturated heterocycles. The quantitative estimate of drug-likeness (QED) is 0.882. The van der Waals surface area contributed by atoms with Crippen molar-refractivity contribution in [3.05, 3.63) is 34.9 Å². The fourth-order valence-corrected chi connectivity index (χ4v) is 2.58. The summed E-state index contributed by atoms with van der Waals surface area (Å²) in [5.41, 5.74) is 4.56. The van der Waals surface area contributed by atoms with Crippen molar-refractivity contribution < 1.29 is 4.74 Å². The first-order chi connectivity index (χ1) is 8.59. The van der Waals surface area contributed by atoms with Gasteiger partial charge in [-0.3, -0.25) is 0 Å². The summed E-state index contributed by atoms with van der Waals surface area (Å²) >= 11 is 0. The minimum atomic E-state index is 0.414. The molecular formula is C16H25NO. The first-order valence-electron chi connectivity index (χ1n) is 6.94. The zero-order valence-electron chi connectivity index (χ0n) is 11.9. The molecule has 0 radical (unpaired) electrons. The standard InChI is InChI=1S/C16H25NO/c1-13-4-5-15(14(2)10-13)11-17-12-16(3)6-8-18-9-7-16/h4-5,10,17H,6-9,11-12H2,1-3H3. The molecule has 0 atom stereocenters. The van der Waals surface area contributed by atoms with Gasteiger partial charge in [-0.05, 0) is 43.2 Å². The molecule has 1 heterocycles. The molecule has 1 aromatic carbocycles. The van der Waals surface area contributed by atoms with Crippen molar-refractivity contribution in [2.45, 2.75) is 40.2 Å². The van der Waals surface area contributed by atoms with Gasteiger partial charge in [-0.1, -0.05) is 30.7 Å². The highest BCUT2D eigenvalue weighted by molar-refractivity contribution is 5.30. The van der Waals surface area contributed by atoms with E-state index in [1.54, 1.807) is 0 Å². The lowest BCUT2D eigenvalue weighted by atomic mass is 9.82. The highest BCUT2D eigenvalue weighted by atomic mass is 16.5. The van der Waals surface area contributed by atoms with Gasteiger partial charge in [0, 0.05) is 26.3 Å². The Morgan fingerprint density at radius 3 is 2.61 bits per heavy atom. The Morgan fingerprint density at radius 1 is 1.22 bits per heavy atom. The molecule has 2 rings (SSSR count). The Balaban J connectivity index is 1.84. The third-order valence-electron chi connectivity index (χ3n) is 4.07. The van der Waals surface area contributed by atoms with Gasteiger partial charge in [0.2, 0.25) is 0 Å². The molecule has 2 nitrogen and oxygen atoms in total. The van der Waals surface area contributed by atoms with Crippen molar-refractivity contribution in [3.8, 4) is 0 Å². The van der Waals surface area contributed by atoms with Gasteiger partial charge in [0.15, 0.2) is 0 Å². The van der Waals surface area contributed by atoms with E-state index in [2.05, 4.69) is 44.3 Å². The summed E-state index contributed by atoms with van der Waals surface area (Å²) in [6, 6.07) is 6.69.